The minimum absolute atomic E-state index is 0.212. The number of carbonyl (C=O) groups excluding carboxylic acids is 1. The summed E-state index contributed by atoms with van der Waals surface area (Å²) in [4.78, 5) is 14.4. The van der Waals surface area contributed by atoms with Crippen LogP contribution in [0.2, 0.25) is 0 Å². The van der Waals surface area contributed by atoms with Crippen molar-refractivity contribution in [2.24, 2.45) is 0 Å². The van der Waals surface area contributed by atoms with Gasteiger partial charge in [0.05, 0.1) is 0 Å². The number of hydrogen-bond acceptors (Lipinski definition) is 1. The molecule has 0 aromatic heterocycles. The molecule has 2 atom stereocenters. The van der Waals surface area contributed by atoms with Crippen LogP contribution in [0.4, 0.5) is 5.69 Å². The maximum atomic E-state index is 12.4. The summed E-state index contributed by atoms with van der Waals surface area (Å²) in [6, 6.07) is 17.3. The molecule has 0 bridgehead atoms. The summed E-state index contributed by atoms with van der Waals surface area (Å²) >= 11 is 0. The first kappa shape index (κ1) is 14.8. The predicted octanol–water partition coefficient (Wildman–Crippen LogP) is 4.66. The van der Waals surface area contributed by atoms with Gasteiger partial charge in [-0.2, -0.15) is 0 Å². The lowest BCUT2D eigenvalue weighted by atomic mass is 9.80. The van der Waals surface area contributed by atoms with E-state index in [-0.39, 0.29) is 11.9 Å². The van der Waals surface area contributed by atoms with E-state index < -0.39 is 0 Å². The van der Waals surface area contributed by atoms with Crippen LogP contribution in [0, 0.1) is 6.92 Å². The Labute approximate surface area is 132 Å². The molecule has 22 heavy (non-hydrogen) atoms. The zero-order chi connectivity index (χ0) is 15.7. The Kier molecular flexibility index (Phi) is 4.02. The summed E-state index contributed by atoms with van der Waals surface area (Å²) in [5, 5.41) is 0. The number of nitrogens with zero attached hydrogens (tertiary/aromatic N) is 1. The quantitative estimate of drug-likeness (QED) is 0.788. The van der Waals surface area contributed by atoms with E-state index in [2.05, 4.69) is 62.4 Å². The zero-order valence-corrected chi connectivity index (χ0v) is 13.5. The Hall–Kier alpha value is -2.09. The van der Waals surface area contributed by atoms with Crippen LogP contribution in [0.5, 0.6) is 0 Å². The average Bonchev–Trinajstić information content (AvgIpc) is 2.54. The molecule has 114 valence electrons. The van der Waals surface area contributed by atoms with Crippen LogP contribution in [-0.2, 0) is 4.79 Å². The molecule has 0 saturated carbocycles. The molecule has 1 aliphatic rings. The van der Waals surface area contributed by atoms with Gasteiger partial charge in [-0.15, -0.1) is 0 Å². The molecule has 1 amide bonds. The van der Waals surface area contributed by atoms with Gasteiger partial charge in [0, 0.05) is 24.1 Å². The van der Waals surface area contributed by atoms with Gasteiger partial charge in [-0.25, -0.2) is 0 Å². The molecule has 3 rings (SSSR count). The van der Waals surface area contributed by atoms with Gasteiger partial charge in [0.25, 0.3) is 0 Å². The summed E-state index contributed by atoms with van der Waals surface area (Å²) in [5.74, 6) is 0.580. The van der Waals surface area contributed by atoms with Gasteiger partial charge >= 0.3 is 0 Å². The fourth-order valence-electron chi connectivity index (χ4n) is 3.53. The maximum absolute atomic E-state index is 12.4. The fourth-order valence-corrected chi connectivity index (χ4v) is 3.53. The molecular formula is C20H23NO. The highest BCUT2D eigenvalue weighted by Crippen LogP contribution is 2.42. The summed E-state index contributed by atoms with van der Waals surface area (Å²) in [6.07, 6.45) is 1.53. The highest BCUT2D eigenvalue weighted by Gasteiger charge is 2.33. The highest BCUT2D eigenvalue weighted by atomic mass is 16.2. The van der Waals surface area contributed by atoms with Crippen molar-refractivity contribution in [3.8, 4) is 0 Å². The number of amides is 1. The van der Waals surface area contributed by atoms with Crippen molar-refractivity contribution in [2.45, 2.75) is 45.6 Å². The van der Waals surface area contributed by atoms with E-state index in [1.165, 1.54) is 16.7 Å². The normalized spacial score (nSPS) is 20.6. The summed E-state index contributed by atoms with van der Waals surface area (Å²) in [7, 11) is 0. The van der Waals surface area contributed by atoms with Crippen molar-refractivity contribution in [2.75, 3.05) is 4.90 Å². The lowest BCUT2D eigenvalue weighted by molar-refractivity contribution is -0.118. The third kappa shape index (κ3) is 2.54. The first-order valence-corrected chi connectivity index (χ1v) is 8.09. The second-order valence-electron chi connectivity index (χ2n) is 6.23. The molecule has 0 spiro atoms. The fraction of sp³-hybridized carbons (Fsp3) is 0.350. The molecule has 2 aromatic carbocycles. The molecule has 0 unspecified atom stereocenters. The van der Waals surface area contributed by atoms with E-state index in [9.17, 15) is 4.79 Å². The molecule has 1 aliphatic heterocycles. The molecule has 2 aromatic rings. The topological polar surface area (TPSA) is 20.3 Å². The molecule has 1 heterocycles. The van der Waals surface area contributed by atoms with Gasteiger partial charge in [0.1, 0.15) is 0 Å². The van der Waals surface area contributed by atoms with Gasteiger partial charge in [0.2, 0.25) is 5.91 Å². The van der Waals surface area contributed by atoms with Crippen molar-refractivity contribution in [1.29, 1.82) is 0 Å². The van der Waals surface area contributed by atoms with E-state index >= 15 is 0 Å². The summed E-state index contributed by atoms with van der Waals surface area (Å²) in [5.41, 5.74) is 4.96. The number of carbonyl (C=O) groups is 1. The number of rotatable bonds is 2. The number of aryl methyl sites for hydroxylation is 1. The van der Waals surface area contributed by atoms with Gasteiger partial charge < -0.3 is 4.90 Å². The van der Waals surface area contributed by atoms with E-state index in [4.69, 9.17) is 0 Å². The Morgan fingerprint density at radius 3 is 2.59 bits per heavy atom. The summed E-state index contributed by atoms with van der Waals surface area (Å²) in [6.45, 7) is 6.21. The second kappa shape index (κ2) is 5.96. The average molecular weight is 293 g/mol. The minimum atomic E-state index is 0.212. The van der Waals surface area contributed by atoms with E-state index in [1.54, 1.807) is 0 Å². The number of anilines is 1. The van der Waals surface area contributed by atoms with E-state index in [0.717, 1.165) is 12.1 Å². The van der Waals surface area contributed by atoms with E-state index in [0.29, 0.717) is 12.3 Å². The second-order valence-corrected chi connectivity index (χ2v) is 6.23. The number of fused-ring (bicyclic) bond motifs is 1. The van der Waals surface area contributed by atoms with Gasteiger partial charge in [0.15, 0.2) is 0 Å². The van der Waals surface area contributed by atoms with Crippen molar-refractivity contribution >= 4 is 11.6 Å². The molecule has 0 fully saturated rings. The first-order valence-electron chi connectivity index (χ1n) is 8.09. The predicted molar refractivity (Wildman–Crippen MR) is 91.3 cm³/mol. The van der Waals surface area contributed by atoms with Crippen molar-refractivity contribution in [1.82, 2.24) is 0 Å². The first-order chi connectivity index (χ1) is 10.6. The Bertz CT molecular complexity index is 677. The third-order valence-electron chi connectivity index (χ3n) is 4.61. The SMILES string of the molecule is CCC(=O)N1c2ccc(C)cc2[C@H](c2ccccc2)C[C@@H]1C. The molecule has 0 saturated heterocycles. The van der Waals surface area contributed by atoms with Crippen molar-refractivity contribution in [3.05, 3.63) is 65.2 Å². The van der Waals surface area contributed by atoms with Crippen LogP contribution in [-0.4, -0.2) is 11.9 Å². The van der Waals surface area contributed by atoms with Gasteiger partial charge in [-0.3, -0.25) is 4.79 Å². The highest BCUT2D eigenvalue weighted by molar-refractivity contribution is 5.95. The van der Waals surface area contributed by atoms with E-state index in [1.807, 2.05) is 11.8 Å². The molecular weight excluding hydrogens is 270 g/mol. The van der Waals surface area contributed by atoms with Crippen LogP contribution in [0.15, 0.2) is 48.5 Å². The van der Waals surface area contributed by atoms with Crippen LogP contribution < -0.4 is 4.90 Å². The lowest BCUT2D eigenvalue weighted by Crippen LogP contribution is -2.43. The van der Waals surface area contributed by atoms with Gasteiger partial charge in [-0.1, -0.05) is 55.0 Å². The van der Waals surface area contributed by atoms with Crippen molar-refractivity contribution in [3.63, 3.8) is 0 Å². The number of hydrogen-bond donors (Lipinski definition) is 0. The molecule has 2 nitrogen and oxygen atoms in total. The van der Waals surface area contributed by atoms with Crippen LogP contribution in [0.1, 0.15) is 49.3 Å². The monoisotopic (exact) mass is 293 g/mol. The van der Waals surface area contributed by atoms with Crippen molar-refractivity contribution < 1.29 is 4.79 Å². The van der Waals surface area contributed by atoms with Gasteiger partial charge in [-0.05, 0) is 37.5 Å². The Morgan fingerprint density at radius 2 is 1.91 bits per heavy atom. The molecule has 2 heteroatoms. The van der Waals surface area contributed by atoms with Crippen LogP contribution in [0.3, 0.4) is 0 Å². The third-order valence-corrected chi connectivity index (χ3v) is 4.61. The Morgan fingerprint density at radius 1 is 1.18 bits per heavy atom. The standard InChI is InChI=1S/C20H23NO/c1-4-20(22)21-15(3)13-17(16-8-6-5-7-9-16)18-12-14(2)10-11-19(18)21/h5-12,15,17H,4,13H2,1-3H3/t15-,17-/m0/s1. The molecule has 0 aliphatic carbocycles. The smallest absolute Gasteiger partial charge is 0.226 e. The van der Waals surface area contributed by atoms with Crippen LogP contribution in [0.25, 0.3) is 0 Å². The lowest BCUT2D eigenvalue weighted by Gasteiger charge is -2.40. The molecule has 0 radical (unpaired) electrons. The largest absolute Gasteiger partial charge is 0.309 e. The minimum Gasteiger partial charge on any atom is -0.309 e. The van der Waals surface area contributed by atoms with Crippen LogP contribution >= 0.6 is 0 Å². The Balaban J connectivity index is 2.13. The molecule has 0 N–H and O–H groups in total. The number of benzene rings is 2. The summed E-state index contributed by atoms with van der Waals surface area (Å²) < 4.78 is 0. The maximum Gasteiger partial charge on any atom is 0.226 e. The zero-order valence-electron chi connectivity index (χ0n) is 13.5.